The van der Waals surface area contributed by atoms with Crippen molar-refractivity contribution in [2.75, 3.05) is 18.9 Å². The number of carbonyl (C=O) groups excluding carboxylic acids is 1. The molecule has 92 valence electrons. The number of carboxylic acid groups (broad SMARTS) is 1. The molecule has 0 saturated carbocycles. The summed E-state index contributed by atoms with van der Waals surface area (Å²) in [6.45, 7) is -0.488. The normalized spacial score (nSPS) is 9.82. The van der Waals surface area contributed by atoms with Gasteiger partial charge in [0.2, 0.25) is 0 Å². The van der Waals surface area contributed by atoms with Crippen LogP contribution in [0.3, 0.4) is 0 Å². The van der Waals surface area contributed by atoms with Gasteiger partial charge in [-0.25, -0.2) is 9.18 Å². The lowest BCUT2D eigenvalue weighted by Gasteiger charge is -2.16. The zero-order valence-electron chi connectivity index (χ0n) is 8.91. The van der Waals surface area contributed by atoms with Crippen LogP contribution in [0.15, 0.2) is 18.2 Å². The first-order valence-electron chi connectivity index (χ1n) is 4.59. The van der Waals surface area contributed by atoms with E-state index in [2.05, 4.69) is 5.32 Å². The molecule has 17 heavy (non-hydrogen) atoms. The molecule has 0 aromatic heterocycles. The summed E-state index contributed by atoms with van der Waals surface area (Å²) >= 11 is 5.69. The Labute approximate surface area is 102 Å². The number of para-hydroxylation sites is 1. The minimum Gasteiger partial charge on any atom is -0.480 e. The Hall–Kier alpha value is -1.82. The van der Waals surface area contributed by atoms with E-state index < -0.39 is 24.4 Å². The molecule has 0 radical (unpaired) electrons. The maximum absolute atomic E-state index is 13.3. The van der Waals surface area contributed by atoms with Crippen molar-refractivity contribution in [1.29, 1.82) is 0 Å². The highest BCUT2D eigenvalue weighted by Gasteiger charge is 2.15. The second-order valence-corrected chi connectivity index (χ2v) is 3.68. The van der Waals surface area contributed by atoms with E-state index in [1.54, 1.807) is 0 Å². The Morgan fingerprint density at radius 2 is 2.18 bits per heavy atom. The zero-order valence-corrected chi connectivity index (χ0v) is 9.66. The number of likely N-dealkylation sites (N-methyl/N-ethyl adjacent to an activating group) is 1. The van der Waals surface area contributed by atoms with Gasteiger partial charge in [-0.15, -0.1) is 0 Å². The van der Waals surface area contributed by atoms with Crippen molar-refractivity contribution < 1.29 is 19.1 Å². The van der Waals surface area contributed by atoms with Gasteiger partial charge in [-0.3, -0.25) is 4.79 Å². The van der Waals surface area contributed by atoms with E-state index in [0.717, 1.165) is 11.0 Å². The van der Waals surface area contributed by atoms with Crippen molar-refractivity contribution >= 4 is 29.3 Å². The van der Waals surface area contributed by atoms with Crippen LogP contribution in [0, 0.1) is 5.82 Å². The number of anilines is 1. The van der Waals surface area contributed by atoms with Crippen LogP contribution in [0.2, 0.25) is 5.02 Å². The van der Waals surface area contributed by atoms with Gasteiger partial charge in [-0.1, -0.05) is 17.7 Å². The number of amides is 2. The van der Waals surface area contributed by atoms with Gasteiger partial charge in [0.05, 0.1) is 10.7 Å². The van der Waals surface area contributed by atoms with Crippen LogP contribution in [-0.4, -0.2) is 35.6 Å². The highest BCUT2D eigenvalue weighted by molar-refractivity contribution is 6.33. The molecule has 7 heteroatoms. The average molecular weight is 261 g/mol. The fourth-order valence-electron chi connectivity index (χ4n) is 1.09. The number of nitrogens with zero attached hydrogens (tertiary/aromatic N) is 1. The highest BCUT2D eigenvalue weighted by Crippen LogP contribution is 2.24. The van der Waals surface area contributed by atoms with Gasteiger partial charge in [-0.05, 0) is 12.1 Å². The first kappa shape index (κ1) is 13.2. The third kappa shape index (κ3) is 3.60. The molecule has 5 nitrogen and oxygen atoms in total. The summed E-state index contributed by atoms with van der Waals surface area (Å²) in [4.78, 5) is 22.8. The van der Waals surface area contributed by atoms with E-state index in [1.807, 2.05) is 0 Å². The molecule has 0 aliphatic heterocycles. The van der Waals surface area contributed by atoms with Crippen LogP contribution in [0.5, 0.6) is 0 Å². The zero-order chi connectivity index (χ0) is 13.0. The summed E-state index contributed by atoms with van der Waals surface area (Å²) in [5, 5.41) is 10.7. The summed E-state index contributed by atoms with van der Waals surface area (Å²) in [7, 11) is 1.28. The molecular weight excluding hydrogens is 251 g/mol. The second kappa shape index (κ2) is 5.49. The molecule has 0 atom stereocenters. The van der Waals surface area contributed by atoms with Crippen LogP contribution < -0.4 is 5.32 Å². The summed E-state index contributed by atoms with van der Waals surface area (Å²) in [5.41, 5.74) is -0.170. The topological polar surface area (TPSA) is 69.6 Å². The number of rotatable bonds is 3. The van der Waals surface area contributed by atoms with Crippen molar-refractivity contribution in [3.8, 4) is 0 Å². The van der Waals surface area contributed by atoms with Gasteiger partial charge < -0.3 is 15.3 Å². The third-order valence-corrected chi connectivity index (χ3v) is 2.23. The second-order valence-electron chi connectivity index (χ2n) is 3.28. The Balaban J connectivity index is 2.78. The molecular formula is C10H10ClFN2O3. The van der Waals surface area contributed by atoms with Crippen LogP contribution in [-0.2, 0) is 4.79 Å². The molecule has 0 heterocycles. The van der Waals surface area contributed by atoms with E-state index >= 15 is 0 Å². The van der Waals surface area contributed by atoms with Gasteiger partial charge in [0, 0.05) is 7.05 Å². The fourth-order valence-corrected chi connectivity index (χ4v) is 1.30. The lowest BCUT2D eigenvalue weighted by atomic mass is 10.3. The molecule has 0 bridgehead atoms. The third-order valence-electron chi connectivity index (χ3n) is 1.91. The van der Waals surface area contributed by atoms with Crippen molar-refractivity contribution in [2.45, 2.75) is 0 Å². The van der Waals surface area contributed by atoms with Crippen LogP contribution in [0.25, 0.3) is 0 Å². The van der Waals surface area contributed by atoms with Crippen LogP contribution >= 0.6 is 11.6 Å². The molecule has 1 aromatic carbocycles. The Morgan fingerprint density at radius 1 is 1.53 bits per heavy atom. The first-order valence-corrected chi connectivity index (χ1v) is 4.97. The number of aliphatic carboxylic acids is 1. The molecule has 2 N–H and O–H groups in total. The van der Waals surface area contributed by atoms with Gasteiger partial charge in [0.1, 0.15) is 12.4 Å². The number of nitrogens with one attached hydrogen (secondary N) is 1. The molecule has 1 rings (SSSR count). The summed E-state index contributed by atoms with van der Waals surface area (Å²) in [5.74, 6) is -1.85. The molecule has 1 aromatic rings. The van der Waals surface area contributed by atoms with E-state index in [0.29, 0.717) is 0 Å². The van der Waals surface area contributed by atoms with E-state index in [1.165, 1.54) is 19.2 Å². The molecule has 0 fully saturated rings. The fraction of sp³-hybridized carbons (Fsp3) is 0.200. The van der Waals surface area contributed by atoms with E-state index in [9.17, 15) is 14.0 Å². The number of hydrogen-bond acceptors (Lipinski definition) is 2. The predicted molar refractivity (Wildman–Crippen MR) is 60.7 cm³/mol. The van der Waals surface area contributed by atoms with Gasteiger partial charge in [0.15, 0.2) is 0 Å². The summed E-state index contributed by atoms with van der Waals surface area (Å²) in [6, 6.07) is 3.20. The van der Waals surface area contributed by atoms with Crippen LogP contribution in [0.4, 0.5) is 14.9 Å². The minimum absolute atomic E-state index is 0.0436. The first-order chi connectivity index (χ1) is 7.91. The van der Waals surface area contributed by atoms with Crippen molar-refractivity contribution in [3.05, 3.63) is 29.0 Å². The molecule has 0 spiro atoms. The number of urea groups is 1. The maximum Gasteiger partial charge on any atom is 0.323 e. The Kier molecular flexibility index (Phi) is 4.28. The molecule has 0 aliphatic rings. The standard InChI is InChI=1S/C10H10ClFN2O3/c1-14(5-8(15)16)10(17)13-9-6(11)3-2-4-7(9)12/h2-4H,5H2,1H3,(H,13,17)(H,15,16). The number of benzene rings is 1. The number of halogens is 2. The summed E-state index contributed by atoms with van der Waals surface area (Å²) in [6.07, 6.45) is 0. The van der Waals surface area contributed by atoms with Crippen molar-refractivity contribution in [3.63, 3.8) is 0 Å². The number of hydrogen-bond donors (Lipinski definition) is 2. The van der Waals surface area contributed by atoms with Gasteiger partial charge in [0.25, 0.3) is 0 Å². The quantitative estimate of drug-likeness (QED) is 0.874. The smallest absolute Gasteiger partial charge is 0.323 e. The molecule has 2 amide bonds. The Bertz CT molecular complexity index is 433. The lowest BCUT2D eigenvalue weighted by molar-refractivity contribution is -0.137. The minimum atomic E-state index is -1.16. The van der Waals surface area contributed by atoms with Crippen molar-refractivity contribution in [2.24, 2.45) is 0 Å². The average Bonchev–Trinajstić information content (AvgIpc) is 2.22. The van der Waals surface area contributed by atoms with E-state index in [-0.39, 0.29) is 10.7 Å². The monoisotopic (exact) mass is 260 g/mol. The van der Waals surface area contributed by atoms with Gasteiger partial charge >= 0.3 is 12.0 Å². The highest BCUT2D eigenvalue weighted by atomic mass is 35.5. The molecule has 0 saturated heterocycles. The van der Waals surface area contributed by atoms with Crippen LogP contribution in [0.1, 0.15) is 0 Å². The van der Waals surface area contributed by atoms with Gasteiger partial charge in [-0.2, -0.15) is 0 Å². The number of carboxylic acids is 1. The summed E-state index contributed by atoms with van der Waals surface area (Å²) < 4.78 is 13.3. The van der Waals surface area contributed by atoms with E-state index in [4.69, 9.17) is 16.7 Å². The van der Waals surface area contributed by atoms with Crippen molar-refractivity contribution in [1.82, 2.24) is 4.90 Å². The largest absolute Gasteiger partial charge is 0.480 e. The lowest BCUT2D eigenvalue weighted by Crippen LogP contribution is -2.35. The number of carbonyl (C=O) groups is 2. The Morgan fingerprint density at radius 3 is 2.71 bits per heavy atom. The molecule has 0 aliphatic carbocycles. The predicted octanol–water partition coefficient (Wildman–Crippen LogP) is 2.03. The maximum atomic E-state index is 13.3. The molecule has 0 unspecified atom stereocenters. The SMILES string of the molecule is CN(CC(=O)O)C(=O)Nc1c(F)cccc1Cl.